The summed E-state index contributed by atoms with van der Waals surface area (Å²) >= 11 is 0. The van der Waals surface area contributed by atoms with Gasteiger partial charge in [-0.3, -0.25) is 0 Å². The van der Waals surface area contributed by atoms with Crippen molar-refractivity contribution >= 4 is 0 Å². The smallest absolute Gasteiger partial charge is 0.159 e. The van der Waals surface area contributed by atoms with Gasteiger partial charge in [0.2, 0.25) is 0 Å². The molecular weight excluding hydrogens is 248 g/mol. The Balaban J connectivity index is 3.59. The zero-order valence-electron chi connectivity index (χ0n) is 12.9. The molecule has 0 spiro atoms. The van der Waals surface area contributed by atoms with Gasteiger partial charge in [0, 0.05) is 39.3 Å². The molecule has 0 saturated heterocycles. The van der Waals surface area contributed by atoms with Crippen LogP contribution in [0.25, 0.3) is 0 Å². The molecule has 0 aromatic carbocycles. The fourth-order valence-corrected chi connectivity index (χ4v) is 1.63. The number of hydrogen-bond donors (Lipinski definition) is 0. The van der Waals surface area contributed by atoms with Gasteiger partial charge in [-0.05, 0) is 27.7 Å². The average molecular weight is 278 g/mol. The van der Waals surface area contributed by atoms with Crippen molar-refractivity contribution in [1.82, 2.24) is 0 Å². The van der Waals surface area contributed by atoms with Crippen molar-refractivity contribution in [3.63, 3.8) is 0 Å². The van der Waals surface area contributed by atoms with Gasteiger partial charge < -0.3 is 23.7 Å². The topological polar surface area (TPSA) is 46.2 Å². The molecule has 0 bridgehead atoms. The van der Waals surface area contributed by atoms with E-state index in [9.17, 15) is 0 Å². The largest absolute Gasteiger partial charge is 0.381 e. The molecule has 0 aliphatic heterocycles. The monoisotopic (exact) mass is 278 g/mol. The Morgan fingerprint density at radius 3 is 1.16 bits per heavy atom. The van der Waals surface area contributed by atoms with Crippen LogP contribution in [0.2, 0.25) is 0 Å². The SMILES string of the molecule is CCOC(CCOCCC(OCC)OCC)OCC. The second-order valence-corrected chi connectivity index (χ2v) is 3.87. The van der Waals surface area contributed by atoms with E-state index in [0.717, 1.165) is 12.8 Å². The number of rotatable bonds is 14. The summed E-state index contributed by atoms with van der Waals surface area (Å²) in [6.07, 6.45) is 1.17. The Morgan fingerprint density at radius 2 is 0.895 bits per heavy atom. The minimum Gasteiger partial charge on any atom is -0.381 e. The lowest BCUT2D eigenvalue weighted by Gasteiger charge is -2.18. The Bertz CT molecular complexity index is 147. The average Bonchev–Trinajstić information content (AvgIpc) is 2.39. The van der Waals surface area contributed by atoms with Crippen LogP contribution in [0.3, 0.4) is 0 Å². The first-order valence-electron chi connectivity index (χ1n) is 7.32. The highest BCUT2D eigenvalue weighted by Gasteiger charge is 2.09. The summed E-state index contributed by atoms with van der Waals surface area (Å²) in [5.41, 5.74) is 0. The van der Waals surface area contributed by atoms with Crippen molar-refractivity contribution in [3.05, 3.63) is 0 Å². The normalized spacial score (nSPS) is 11.7. The summed E-state index contributed by atoms with van der Waals surface area (Å²) in [4.78, 5) is 0. The molecule has 0 unspecified atom stereocenters. The van der Waals surface area contributed by atoms with Crippen LogP contribution in [-0.2, 0) is 23.7 Å². The van der Waals surface area contributed by atoms with Crippen molar-refractivity contribution in [2.45, 2.75) is 53.1 Å². The van der Waals surface area contributed by atoms with Crippen LogP contribution in [-0.4, -0.2) is 52.2 Å². The molecule has 0 heterocycles. The highest BCUT2D eigenvalue weighted by molar-refractivity contribution is 4.47. The molecule has 0 atom stereocenters. The van der Waals surface area contributed by atoms with Gasteiger partial charge in [0.1, 0.15) is 0 Å². The molecule has 0 saturated carbocycles. The first-order valence-corrected chi connectivity index (χ1v) is 7.32. The maximum atomic E-state index is 5.56. The third kappa shape index (κ3) is 11.3. The van der Waals surface area contributed by atoms with Crippen molar-refractivity contribution < 1.29 is 23.7 Å². The molecule has 0 aliphatic rings. The fourth-order valence-electron chi connectivity index (χ4n) is 1.63. The van der Waals surface area contributed by atoms with E-state index in [1.165, 1.54) is 0 Å². The summed E-state index contributed by atoms with van der Waals surface area (Å²) in [7, 11) is 0. The van der Waals surface area contributed by atoms with Gasteiger partial charge in [-0.2, -0.15) is 0 Å². The Kier molecular flexibility index (Phi) is 14.1. The molecule has 0 aliphatic carbocycles. The predicted molar refractivity (Wildman–Crippen MR) is 74.1 cm³/mol. The van der Waals surface area contributed by atoms with Crippen LogP contribution < -0.4 is 0 Å². The second-order valence-electron chi connectivity index (χ2n) is 3.87. The van der Waals surface area contributed by atoms with Crippen LogP contribution in [0.1, 0.15) is 40.5 Å². The molecule has 0 radical (unpaired) electrons. The first-order chi connectivity index (χ1) is 9.28. The first kappa shape index (κ1) is 18.8. The molecule has 0 N–H and O–H groups in total. The molecular formula is C14H30O5. The molecule has 0 rings (SSSR count). The van der Waals surface area contributed by atoms with Gasteiger partial charge in [0.15, 0.2) is 12.6 Å². The summed E-state index contributed by atoms with van der Waals surface area (Å²) in [6.45, 7) is 11.7. The summed E-state index contributed by atoms with van der Waals surface area (Å²) in [5, 5.41) is 0. The quantitative estimate of drug-likeness (QED) is 0.361. The zero-order chi connectivity index (χ0) is 14.3. The molecule has 0 amide bonds. The van der Waals surface area contributed by atoms with E-state index < -0.39 is 0 Å². The minimum absolute atomic E-state index is 0.162. The third-order valence-corrected chi connectivity index (χ3v) is 2.41. The van der Waals surface area contributed by atoms with E-state index in [1.54, 1.807) is 0 Å². The predicted octanol–water partition coefficient (Wildman–Crippen LogP) is 2.58. The highest BCUT2D eigenvalue weighted by Crippen LogP contribution is 2.04. The van der Waals surface area contributed by atoms with Crippen LogP contribution >= 0.6 is 0 Å². The third-order valence-electron chi connectivity index (χ3n) is 2.41. The Labute approximate surface area is 117 Å². The van der Waals surface area contributed by atoms with Crippen LogP contribution in [0.5, 0.6) is 0 Å². The van der Waals surface area contributed by atoms with E-state index in [0.29, 0.717) is 39.6 Å². The van der Waals surface area contributed by atoms with Crippen LogP contribution in [0.15, 0.2) is 0 Å². The second kappa shape index (κ2) is 14.2. The Morgan fingerprint density at radius 1 is 0.579 bits per heavy atom. The molecule has 5 nitrogen and oxygen atoms in total. The van der Waals surface area contributed by atoms with E-state index in [4.69, 9.17) is 23.7 Å². The van der Waals surface area contributed by atoms with Gasteiger partial charge in [0.25, 0.3) is 0 Å². The molecule has 0 aromatic rings. The summed E-state index contributed by atoms with van der Waals surface area (Å²) in [5.74, 6) is 0. The molecule has 0 fully saturated rings. The highest BCUT2D eigenvalue weighted by atomic mass is 16.7. The lowest BCUT2D eigenvalue weighted by atomic mass is 10.4. The molecule has 5 heteroatoms. The van der Waals surface area contributed by atoms with Crippen LogP contribution in [0.4, 0.5) is 0 Å². The maximum Gasteiger partial charge on any atom is 0.159 e. The summed E-state index contributed by atoms with van der Waals surface area (Å²) < 4.78 is 27.3. The standard InChI is InChI=1S/C14H30O5/c1-5-16-13(17-6-2)9-11-15-12-10-14(18-7-3)19-8-4/h13-14H,5-12H2,1-4H3. The van der Waals surface area contributed by atoms with E-state index in [2.05, 4.69) is 0 Å². The van der Waals surface area contributed by atoms with Crippen LogP contribution in [0, 0.1) is 0 Å². The zero-order valence-corrected chi connectivity index (χ0v) is 12.9. The number of ether oxygens (including phenoxy) is 5. The van der Waals surface area contributed by atoms with Gasteiger partial charge in [-0.25, -0.2) is 0 Å². The Hall–Kier alpha value is -0.200. The molecule has 0 aromatic heterocycles. The van der Waals surface area contributed by atoms with E-state index in [-0.39, 0.29) is 12.6 Å². The lowest BCUT2D eigenvalue weighted by Crippen LogP contribution is -2.22. The maximum absolute atomic E-state index is 5.56. The fraction of sp³-hybridized carbons (Fsp3) is 1.00. The number of hydrogen-bond acceptors (Lipinski definition) is 5. The van der Waals surface area contributed by atoms with Gasteiger partial charge in [-0.1, -0.05) is 0 Å². The van der Waals surface area contributed by atoms with Crippen molar-refractivity contribution in [1.29, 1.82) is 0 Å². The summed E-state index contributed by atoms with van der Waals surface area (Å²) in [6, 6.07) is 0. The lowest BCUT2D eigenvalue weighted by molar-refractivity contribution is -0.156. The van der Waals surface area contributed by atoms with E-state index >= 15 is 0 Å². The van der Waals surface area contributed by atoms with Gasteiger partial charge in [0.05, 0.1) is 13.2 Å². The van der Waals surface area contributed by atoms with Gasteiger partial charge >= 0.3 is 0 Å². The minimum atomic E-state index is -0.162. The molecule has 116 valence electrons. The van der Waals surface area contributed by atoms with Crippen molar-refractivity contribution in [2.75, 3.05) is 39.6 Å². The molecule has 19 heavy (non-hydrogen) atoms. The van der Waals surface area contributed by atoms with Crippen molar-refractivity contribution in [3.8, 4) is 0 Å². The van der Waals surface area contributed by atoms with Gasteiger partial charge in [-0.15, -0.1) is 0 Å². The van der Waals surface area contributed by atoms with E-state index in [1.807, 2.05) is 27.7 Å². The van der Waals surface area contributed by atoms with Crippen molar-refractivity contribution in [2.24, 2.45) is 0 Å².